The molecule has 1 aromatic carbocycles. The lowest BCUT2D eigenvalue weighted by Crippen LogP contribution is -2.04. The molecule has 0 amide bonds. The molecule has 0 aliphatic heterocycles. The largest absolute Gasteiger partial charge is 0.485 e. The molecule has 0 aliphatic carbocycles. The van der Waals surface area contributed by atoms with Gasteiger partial charge < -0.3 is 4.74 Å². The van der Waals surface area contributed by atoms with Gasteiger partial charge in [-0.3, -0.25) is 4.98 Å². The van der Waals surface area contributed by atoms with Crippen molar-refractivity contribution in [2.45, 2.75) is 0 Å². The lowest BCUT2D eigenvalue weighted by Gasteiger charge is -2.08. The van der Waals surface area contributed by atoms with Crippen LogP contribution in [-0.4, -0.2) is 17.1 Å². The zero-order valence-corrected chi connectivity index (χ0v) is 9.70. The van der Waals surface area contributed by atoms with Crippen molar-refractivity contribution in [3.63, 3.8) is 0 Å². The fourth-order valence-electron chi connectivity index (χ4n) is 1.52. The topological polar surface area (TPSA) is 22.1 Å². The highest BCUT2D eigenvalue weighted by Crippen LogP contribution is 2.22. The fourth-order valence-corrected chi connectivity index (χ4v) is 1.68. The standard InChI is InChI=1S/C13H11NOS/c1-15-13(16)12-11(8-5-9-14-12)10-6-3-2-4-7-10/h2-9H,1H3. The number of methoxy groups -OCH3 is 1. The van der Waals surface area contributed by atoms with Crippen LogP contribution in [0, 0.1) is 0 Å². The summed E-state index contributed by atoms with van der Waals surface area (Å²) in [6.07, 6.45) is 1.72. The Bertz CT molecular complexity index is 496. The number of thiocarbonyl (C=S) groups is 1. The van der Waals surface area contributed by atoms with E-state index in [0.29, 0.717) is 10.7 Å². The van der Waals surface area contributed by atoms with E-state index in [2.05, 4.69) is 4.98 Å². The van der Waals surface area contributed by atoms with Gasteiger partial charge >= 0.3 is 0 Å². The number of hydrogen-bond acceptors (Lipinski definition) is 3. The van der Waals surface area contributed by atoms with E-state index in [1.807, 2.05) is 42.5 Å². The maximum atomic E-state index is 5.12. The zero-order valence-electron chi connectivity index (χ0n) is 8.88. The Hall–Kier alpha value is -1.74. The van der Waals surface area contributed by atoms with Crippen molar-refractivity contribution in [2.24, 2.45) is 0 Å². The van der Waals surface area contributed by atoms with Crippen molar-refractivity contribution in [3.8, 4) is 11.1 Å². The van der Waals surface area contributed by atoms with Gasteiger partial charge in [0, 0.05) is 11.8 Å². The molecule has 80 valence electrons. The van der Waals surface area contributed by atoms with Crippen LogP contribution in [0.4, 0.5) is 0 Å². The number of aromatic nitrogens is 1. The van der Waals surface area contributed by atoms with Crippen LogP contribution in [0.5, 0.6) is 0 Å². The molecule has 0 bridgehead atoms. The minimum atomic E-state index is 0.416. The third kappa shape index (κ3) is 2.09. The van der Waals surface area contributed by atoms with Crippen LogP contribution in [0.15, 0.2) is 48.7 Å². The molecule has 0 atom stereocenters. The summed E-state index contributed by atoms with van der Waals surface area (Å²) in [6, 6.07) is 13.9. The van der Waals surface area contributed by atoms with E-state index in [1.54, 1.807) is 13.3 Å². The highest BCUT2D eigenvalue weighted by molar-refractivity contribution is 7.80. The summed E-state index contributed by atoms with van der Waals surface area (Å²) >= 11 is 5.12. The van der Waals surface area contributed by atoms with Crippen molar-refractivity contribution in [2.75, 3.05) is 7.11 Å². The Morgan fingerprint density at radius 3 is 2.56 bits per heavy atom. The van der Waals surface area contributed by atoms with Crippen molar-refractivity contribution in [3.05, 3.63) is 54.4 Å². The Balaban J connectivity index is 2.53. The molecule has 2 rings (SSSR count). The first kappa shape index (κ1) is 10.8. The summed E-state index contributed by atoms with van der Waals surface area (Å²) in [5.74, 6) is 0. The highest BCUT2D eigenvalue weighted by atomic mass is 32.1. The molecule has 0 radical (unpaired) electrons. The third-order valence-corrected chi connectivity index (χ3v) is 2.63. The first-order valence-corrected chi connectivity index (χ1v) is 5.32. The first-order valence-electron chi connectivity index (χ1n) is 4.91. The summed E-state index contributed by atoms with van der Waals surface area (Å²) in [4.78, 5) is 4.26. The predicted molar refractivity (Wildman–Crippen MR) is 68.4 cm³/mol. The summed E-state index contributed by atoms with van der Waals surface area (Å²) < 4.78 is 5.07. The maximum Gasteiger partial charge on any atom is 0.210 e. The molecule has 2 nitrogen and oxygen atoms in total. The van der Waals surface area contributed by atoms with Gasteiger partial charge in [0.05, 0.1) is 7.11 Å². The number of benzene rings is 1. The lowest BCUT2D eigenvalue weighted by atomic mass is 10.0. The smallest absolute Gasteiger partial charge is 0.210 e. The average Bonchev–Trinajstić information content (AvgIpc) is 2.39. The van der Waals surface area contributed by atoms with E-state index in [9.17, 15) is 0 Å². The average molecular weight is 229 g/mol. The second kappa shape index (κ2) is 4.86. The summed E-state index contributed by atoms with van der Waals surface area (Å²) in [7, 11) is 1.56. The lowest BCUT2D eigenvalue weighted by molar-refractivity contribution is 0.414. The number of rotatable bonds is 2. The van der Waals surface area contributed by atoms with Gasteiger partial charge in [0.1, 0.15) is 5.69 Å². The van der Waals surface area contributed by atoms with E-state index in [4.69, 9.17) is 17.0 Å². The monoisotopic (exact) mass is 229 g/mol. The number of ether oxygens (including phenoxy) is 1. The summed E-state index contributed by atoms with van der Waals surface area (Å²) in [5, 5.41) is 0.416. The molecule has 0 saturated carbocycles. The van der Waals surface area contributed by atoms with Crippen LogP contribution >= 0.6 is 12.2 Å². The van der Waals surface area contributed by atoms with Crippen LogP contribution in [0.3, 0.4) is 0 Å². The van der Waals surface area contributed by atoms with Gasteiger partial charge in [0.15, 0.2) is 0 Å². The Labute approximate surface area is 99.9 Å². The van der Waals surface area contributed by atoms with Gasteiger partial charge in [-0.05, 0) is 23.8 Å². The summed E-state index contributed by atoms with van der Waals surface area (Å²) in [5.41, 5.74) is 2.80. The van der Waals surface area contributed by atoms with Crippen LogP contribution in [-0.2, 0) is 4.74 Å². The molecule has 0 aliphatic rings. The molecule has 0 N–H and O–H groups in total. The molecular formula is C13H11NOS. The normalized spacial score (nSPS) is 9.81. The number of nitrogens with zero attached hydrogens (tertiary/aromatic N) is 1. The summed E-state index contributed by atoms with van der Waals surface area (Å²) in [6.45, 7) is 0. The van der Waals surface area contributed by atoms with Gasteiger partial charge in [-0.15, -0.1) is 0 Å². The van der Waals surface area contributed by atoms with Crippen molar-refractivity contribution in [1.82, 2.24) is 4.98 Å². The Kier molecular flexibility index (Phi) is 3.27. The molecule has 2 aromatic rings. The molecule has 16 heavy (non-hydrogen) atoms. The molecule has 1 heterocycles. The van der Waals surface area contributed by atoms with E-state index >= 15 is 0 Å². The SMILES string of the molecule is COC(=S)c1ncccc1-c1ccccc1. The van der Waals surface area contributed by atoms with Gasteiger partial charge in [-0.1, -0.05) is 36.4 Å². The van der Waals surface area contributed by atoms with Crippen LogP contribution in [0.2, 0.25) is 0 Å². The second-order valence-corrected chi connectivity index (χ2v) is 3.63. The first-order chi connectivity index (χ1) is 7.83. The van der Waals surface area contributed by atoms with Crippen LogP contribution < -0.4 is 0 Å². The maximum absolute atomic E-state index is 5.12. The fraction of sp³-hybridized carbons (Fsp3) is 0.0769. The van der Waals surface area contributed by atoms with Crippen LogP contribution in [0.1, 0.15) is 5.69 Å². The van der Waals surface area contributed by atoms with E-state index in [0.717, 1.165) is 11.1 Å². The molecule has 3 heteroatoms. The Morgan fingerprint density at radius 2 is 1.88 bits per heavy atom. The van der Waals surface area contributed by atoms with Crippen molar-refractivity contribution in [1.29, 1.82) is 0 Å². The molecule has 0 unspecified atom stereocenters. The molecule has 0 saturated heterocycles. The zero-order chi connectivity index (χ0) is 11.4. The van der Waals surface area contributed by atoms with Gasteiger partial charge in [-0.25, -0.2) is 0 Å². The van der Waals surface area contributed by atoms with Crippen LogP contribution in [0.25, 0.3) is 11.1 Å². The predicted octanol–water partition coefficient (Wildman–Crippen LogP) is 3.07. The van der Waals surface area contributed by atoms with E-state index < -0.39 is 0 Å². The van der Waals surface area contributed by atoms with Crippen molar-refractivity contribution < 1.29 is 4.74 Å². The van der Waals surface area contributed by atoms with Gasteiger partial charge in [0.2, 0.25) is 5.05 Å². The second-order valence-electron chi connectivity index (χ2n) is 3.26. The van der Waals surface area contributed by atoms with E-state index in [-0.39, 0.29) is 0 Å². The van der Waals surface area contributed by atoms with E-state index in [1.165, 1.54) is 0 Å². The van der Waals surface area contributed by atoms with Crippen molar-refractivity contribution >= 4 is 17.3 Å². The molecular weight excluding hydrogens is 218 g/mol. The Morgan fingerprint density at radius 1 is 1.12 bits per heavy atom. The highest BCUT2D eigenvalue weighted by Gasteiger charge is 2.10. The number of hydrogen-bond donors (Lipinski definition) is 0. The van der Waals surface area contributed by atoms with Gasteiger partial charge in [0.25, 0.3) is 0 Å². The minimum absolute atomic E-state index is 0.416. The quantitative estimate of drug-likeness (QED) is 0.739. The minimum Gasteiger partial charge on any atom is -0.485 e. The number of pyridine rings is 1. The third-order valence-electron chi connectivity index (χ3n) is 2.27. The molecule has 0 fully saturated rings. The molecule has 1 aromatic heterocycles. The molecule has 0 spiro atoms. The van der Waals surface area contributed by atoms with Gasteiger partial charge in [-0.2, -0.15) is 0 Å².